The zero-order chi connectivity index (χ0) is 13.8. The molecule has 1 aliphatic rings. The Kier molecular flexibility index (Phi) is 4.24. The van der Waals surface area contributed by atoms with E-state index in [0.717, 1.165) is 43.4 Å². The lowest BCUT2D eigenvalue weighted by Gasteiger charge is -2.30. The summed E-state index contributed by atoms with van der Waals surface area (Å²) in [7, 11) is 3.88. The van der Waals surface area contributed by atoms with E-state index in [1.807, 2.05) is 36.0 Å². The van der Waals surface area contributed by atoms with Gasteiger partial charge in [0.25, 0.3) is 0 Å². The first-order valence-corrected chi connectivity index (χ1v) is 6.75. The Labute approximate surface area is 114 Å². The molecule has 0 saturated carbocycles. The van der Waals surface area contributed by atoms with Gasteiger partial charge >= 0.3 is 6.03 Å². The van der Waals surface area contributed by atoms with Crippen LogP contribution >= 0.6 is 0 Å². The van der Waals surface area contributed by atoms with Crippen molar-refractivity contribution in [1.29, 1.82) is 0 Å². The molecule has 1 aromatic heterocycles. The fourth-order valence-corrected chi connectivity index (χ4v) is 2.14. The monoisotopic (exact) mass is 262 g/mol. The second kappa shape index (κ2) is 5.91. The number of anilines is 2. The van der Waals surface area contributed by atoms with Crippen LogP contribution in [0.3, 0.4) is 0 Å². The van der Waals surface area contributed by atoms with E-state index in [-0.39, 0.29) is 6.03 Å². The smallest absolute Gasteiger partial charge is 0.321 e. The molecule has 104 valence electrons. The van der Waals surface area contributed by atoms with Crippen molar-refractivity contribution in [2.75, 3.05) is 37.4 Å². The molecule has 0 spiro atoms. The standard InChI is InChI=1S/C14H22N4O/c1-11-6-8-18(9-7-11)14(19)16-12-4-5-13(15-10-12)17(2)3/h4-5,10-11H,6-9H2,1-3H3,(H,16,19). The van der Waals surface area contributed by atoms with Gasteiger partial charge in [0, 0.05) is 27.2 Å². The molecule has 1 fully saturated rings. The highest BCUT2D eigenvalue weighted by atomic mass is 16.2. The molecule has 1 saturated heterocycles. The van der Waals surface area contributed by atoms with E-state index in [1.165, 1.54) is 0 Å². The summed E-state index contributed by atoms with van der Waals surface area (Å²) in [6, 6.07) is 3.76. The number of hydrogen-bond donors (Lipinski definition) is 1. The molecule has 2 amide bonds. The van der Waals surface area contributed by atoms with Gasteiger partial charge in [0.15, 0.2) is 0 Å². The summed E-state index contributed by atoms with van der Waals surface area (Å²) in [5.74, 6) is 1.61. The molecule has 1 N–H and O–H groups in total. The van der Waals surface area contributed by atoms with E-state index in [1.54, 1.807) is 6.20 Å². The molecule has 2 heterocycles. The molecular weight excluding hydrogens is 240 g/mol. The Morgan fingerprint density at radius 3 is 2.58 bits per heavy atom. The number of nitrogens with one attached hydrogen (secondary N) is 1. The number of aromatic nitrogens is 1. The highest BCUT2D eigenvalue weighted by Crippen LogP contribution is 2.17. The lowest BCUT2D eigenvalue weighted by atomic mass is 10.00. The number of urea groups is 1. The molecule has 1 aromatic rings. The van der Waals surface area contributed by atoms with Gasteiger partial charge in [-0.3, -0.25) is 0 Å². The number of rotatable bonds is 2. The molecule has 5 heteroatoms. The minimum atomic E-state index is -0.0219. The Morgan fingerprint density at radius 2 is 2.05 bits per heavy atom. The molecule has 19 heavy (non-hydrogen) atoms. The second-order valence-corrected chi connectivity index (χ2v) is 5.40. The van der Waals surface area contributed by atoms with E-state index in [0.29, 0.717) is 0 Å². The maximum Gasteiger partial charge on any atom is 0.321 e. The maximum atomic E-state index is 12.1. The molecule has 0 aromatic carbocycles. The van der Waals surface area contributed by atoms with Crippen molar-refractivity contribution in [3.8, 4) is 0 Å². The van der Waals surface area contributed by atoms with Crippen LogP contribution in [0.2, 0.25) is 0 Å². The Morgan fingerprint density at radius 1 is 1.37 bits per heavy atom. The van der Waals surface area contributed by atoms with Gasteiger partial charge in [-0.25, -0.2) is 9.78 Å². The second-order valence-electron chi connectivity index (χ2n) is 5.40. The summed E-state index contributed by atoms with van der Waals surface area (Å²) >= 11 is 0. The van der Waals surface area contributed by atoms with Crippen LogP contribution in [0.5, 0.6) is 0 Å². The zero-order valence-electron chi connectivity index (χ0n) is 11.9. The largest absolute Gasteiger partial charge is 0.363 e. The van der Waals surface area contributed by atoms with Crippen LogP contribution in [-0.2, 0) is 0 Å². The molecular formula is C14H22N4O. The van der Waals surface area contributed by atoms with Crippen LogP contribution in [0, 0.1) is 5.92 Å². The fourth-order valence-electron chi connectivity index (χ4n) is 2.14. The van der Waals surface area contributed by atoms with Crippen molar-refractivity contribution in [2.45, 2.75) is 19.8 Å². The molecule has 1 aliphatic heterocycles. The van der Waals surface area contributed by atoms with Crippen LogP contribution in [0.1, 0.15) is 19.8 Å². The van der Waals surface area contributed by atoms with Gasteiger partial charge in [-0.1, -0.05) is 6.92 Å². The number of hydrogen-bond acceptors (Lipinski definition) is 3. The normalized spacial score (nSPS) is 16.3. The predicted octanol–water partition coefficient (Wildman–Crippen LogP) is 2.41. The van der Waals surface area contributed by atoms with Crippen molar-refractivity contribution in [3.63, 3.8) is 0 Å². The third-order valence-electron chi connectivity index (χ3n) is 3.53. The number of amides is 2. The first-order valence-electron chi connectivity index (χ1n) is 6.75. The topological polar surface area (TPSA) is 48.5 Å². The number of carbonyl (C=O) groups is 1. The van der Waals surface area contributed by atoms with Crippen molar-refractivity contribution in [2.24, 2.45) is 5.92 Å². The van der Waals surface area contributed by atoms with E-state index in [4.69, 9.17) is 0 Å². The SMILES string of the molecule is CC1CCN(C(=O)Nc2ccc(N(C)C)nc2)CC1. The van der Waals surface area contributed by atoms with Crippen molar-refractivity contribution in [3.05, 3.63) is 18.3 Å². The highest BCUT2D eigenvalue weighted by Gasteiger charge is 2.20. The summed E-state index contributed by atoms with van der Waals surface area (Å²) in [6.07, 6.45) is 3.87. The number of carbonyl (C=O) groups excluding carboxylic acids is 1. The van der Waals surface area contributed by atoms with Crippen molar-refractivity contribution >= 4 is 17.5 Å². The molecule has 0 atom stereocenters. The summed E-state index contributed by atoms with van der Waals surface area (Å²) in [5.41, 5.74) is 0.745. The van der Waals surface area contributed by atoms with Gasteiger partial charge in [-0.2, -0.15) is 0 Å². The number of likely N-dealkylation sites (tertiary alicyclic amines) is 1. The minimum Gasteiger partial charge on any atom is -0.363 e. The van der Waals surface area contributed by atoms with Crippen LogP contribution in [0.15, 0.2) is 18.3 Å². The van der Waals surface area contributed by atoms with Gasteiger partial charge in [0.05, 0.1) is 11.9 Å². The van der Waals surface area contributed by atoms with E-state index in [2.05, 4.69) is 17.2 Å². The average Bonchev–Trinajstić information content (AvgIpc) is 2.40. The van der Waals surface area contributed by atoms with Crippen LogP contribution in [0.4, 0.5) is 16.3 Å². The zero-order valence-corrected chi connectivity index (χ0v) is 11.9. The number of piperidine rings is 1. The predicted molar refractivity (Wildman–Crippen MR) is 77.6 cm³/mol. The van der Waals surface area contributed by atoms with Gasteiger partial charge in [0.2, 0.25) is 0 Å². The summed E-state index contributed by atoms with van der Waals surface area (Å²) in [4.78, 5) is 20.2. The van der Waals surface area contributed by atoms with Crippen molar-refractivity contribution < 1.29 is 4.79 Å². The van der Waals surface area contributed by atoms with E-state index in [9.17, 15) is 4.79 Å². The molecule has 0 bridgehead atoms. The van der Waals surface area contributed by atoms with Crippen LogP contribution in [0.25, 0.3) is 0 Å². The van der Waals surface area contributed by atoms with Crippen LogP contribution in [-0.4, -0.2) is 43.1 Å². The lowest BCUT2D eigenvalue weighted by Crippen LogP contribution is -2.40. The number of pyridine rings is 1. The van der Waals surface area contributed by atoms with Gasteiger partial charge in [-0.05, 0) is 30.9 Å². The number of nitrogens with zero attached hydrogens (tertiary/aromatic N) is 3. The third kappa shape index (κ3) is 3.59. The minimum absolute atomic E-state index is 0.0219. The highest BCUT2D eigenvalue weighted by molar-refractivity contribution is 5.89. The Balaban J connectivity index is 1.91. The average molecular weight is 262 g/mol. The molecule has 2 rings (SSSR count). The first kappa shape index (κ1) is 13.6. The molecule has 0 radical (unpaired) electrons. The molecule has 5 nitrogen and oxygen atoms in total. The van der Waals surface area contributed by atoms with Crippen LogP contribution < -0.4 is 10.2 Å². The first-order chi connectivity index (χ1) is 9.06. The molecule has 0 aliphatic carbocycles. The molecule has 0 unspecified atom stereocenters. The van der Waals surface area contributed by atoms with Gasteiger partial charge < -0.3 is 15.1 Å². The van der Waals surface area contributed by atoms with E-state index < -0.39 is 0 Å². The Bertz CT molecular complexity index is 422. The third-order valence-corrected chi connectivity index (χ3v) is 3.53. The van der Waals surface area contributed by atoms with Crippen molar-refractivity contribution in [1.82, 2.24) is 9.88 Å². The lowest BCUT2D eigenvalue weighted by molar-refractivity contribution is 0.186. The fraction of sp³-hybridized carbons (Fsp3) is 0.571. The quantitative estimate of drug-likeness (QED) is 0.890. The Hall–Kier alpha value is -1.78. The van der Waals surface area contributed by atoms with E-state index >= 15 is 0 Å². The summed E-state index contributed by atoms with van der Waals surface area (Å²) in [6.45, 7) is 3.92. The maximum absolute atomic E-state index is 12.1. The van der Waals surface area contributed by atoms with Gasteiger partial charge in [-0.15, -0.1) is 0 Å². The van der Waals surface area contributed by atoms with Gasteiger partial charge in [0.1, 0.15) is 5.82 Å². The summed E-state index contributed by atoms with van der Waals surface area (Å²) in [5, 5.41) is 2.90. The summed E-state index contributed by atoms with van der Waals surface area (Å²) < 4.78 is 0.